The number of hydrogen-bond acceptors (Lipinski definition) is 1. The molecule has 2 heteroatoms. The van der Waals surface area contributed by atoms with Gasteiger partial charge in [-0.2, -0.15) is 0 Å². The predicted molar refractivity (Wildman–Crippen MR) is 38.3 cm³/mol. The van der Waals surface area contributed by atoms with Crippen molar-refractivity contribution in [1.82, 2.24) is 0 Å². The summed E-state index contributed by atoms with van der Waals surface area (Å²) in [4.78, 5) is 0. The molecule has 0 aromatic carbocycles. The molecule has 0 N–H and O–H groups in total. The van der Waals surface area contributed by atoms with Crippen LogP contribution in [0.1, 0.15) is 20.3 Å². The van der Waals surface area contributed by atoms with Gasteiger partial charge in [0.05, 0.1) is 0 Å². The van der Waals surface area contributed by atoms with Gasteiger partial charge in [-0.3, -0.25) is 0 Å². The van der Waals surface area contributed by atoms with Crippen LogP contribution in [0.3, 0.4) is 0 Å². The highest BCUT2D eigenvalue weighted by Crippen LogP contribution is 2.09. The lowest BCUT2D eigenvalue weighted by atomic mass is 10.4. The molecule has 0 unspecified atom stereocenters. The van der Waals surface area contributed by atoms with Gasteiger partial charge >= 0.3 is 14.5 Å². The highest BCUT2D eigenvalue weighted by molar-refractivity contribution is 6.50. The van der Waals surface area contributed by atoms with Gasteiger partial charge in [-0.05, 0) is 6.42 Å². The summed E-state index contributed by atoms with van der Waals surface area (Å²) in [6.07, 6.45) is 2.73. The lowest BCUT2D eigenvalue weighted by molar-refractivity contribution is 0.291. The third-order valence-corrected chi connectivity index (χ3v) is 3.43. The maximum Gasteiger partial charge on any atom is 0.457 e. The van der Waals surface area contributed by atoms with E-state index in [0.29, 0.717) is 0 Å². The molecule has 1 fully saturated rings. The summed E-state index contributed by atoms with van der Waals surface area (Å²) in [6, 6.07) is 0. The van der Waals surface area contributed by atoms with Gasteiger partial charge in [-0.25, -0.2) is 0 Å². The van der Waals surface area contributed by atoms with Gasteiger partial charge in [0, 0.05) is 6.61 Å². The second kappa shape index (κ2) is 4.38. The van der Waals surface area contributed by atoms with Gasteiger partial charge < -0.3 is 3.79 Å². The van der Waals surface area contributed by atoms with Crippen LogP contribution in [0.2, 0.25) is 11.1 Å². The third kappa shape index (κ3) is 2.72. The average Bonchev–Trinajstić information content (AvgIpc) is 1.69. The second-order valence-electron chi connectivity index (χ2n) is 2.18. The van der Waals surface area contributed by atoms with E-state index in [0.717, 1.165) is 6.61 Å². The molecule has 0 radical (unpaired) electrons. The van der Waals surface area contributed by atoms with Crippen LogP contribution in [0.4, 0.5) is 0 Å². The van der Waals surface area contributed by atoms with Crippen LogP contribution >= 0.6 is 0 Å². The molecule has 1 aliphatic rings. The molecule has 8 heavy (non-hydrogen) atoms. The van der Waals surface area contributed by atoms with Crippen molar-refractivity contribution in [2.45, 2.75) is 31.3 Å². The van der Waals surface area contributed by atoms with Gasteiger partial charge in [0.15, 0.2) is 0 Å². The van der Waals surface area contributed by atoms with Crippen molar-refractivity contribution in [3.8, 4) is 0 Å². The van der Waals surface area contributed by atoms with Gasteiger partial charge in [-0.1, -0.05) is 24.9 Å². The van der Waals surface area contributed by atoms with Gasteiger partial charge in [-0.15, -0.1) is 0 Å². The summed E-state index contributed by atoms with van der Waals surface area (Å²) in [5.74, 6) is 2.28. The molecule has 1 aliphatic heterocycles. The third-order valence-electron chi connectivity index (χ3n) is 1.41. The largest absolute Gasteiger partial charge is 0.501 e. The van der Waals surface area contributed by atoms with Crippen LogP contribution in [0.5, 0.6) is 0 Å². The lowest BCUT2D eigenvalue weighted by Crippen LogP contribution is -2.18. The van der Waals surface area contributed by atoms with Crippen LogP contribution in [-0.4, -0.2) is 21.1 Å². The van der Waals surface area contributed by atoms with E-state index in [9.17, 15) is 0 Å². The first-order chi connectivity index (χ1) is 3.39. The fourth-order valence-electron chi connectivity index (χ4n) is 0.902. The Bertz CT molecular complexity index is 50.5. The summed E-state index contributed by atoms with van der Waals surface area (Å²) in [5.41, 5.74) is 0. The SMILES string of the molecule is C.[CH3][Al]1[CH2]CCC[O]1. The van der Waals surface area contributed by atoms with Crippen LogP contribution < -0.4 is 0 Å². The Hall–Kier alpha value is 0.492. The zero-order valence-corrected chi connectivity index (χ0v) is 5.97. The first-order valence-electron chi connectivity index (χ1n) is 3.01. The molecular formula is C6H15AlO. The van der Waals surface area contributed by atoms with E-state index in [1.807, 2.05) is 0 Å². The van der Waals surface area contributed by atoms with Gasteiger partial charge in [0.1, 0.15) is 0 Å². The molecule has 0 saturated carbocycles. The molecular weight excluding hydrogens is 115 g/mol. The maximum atomic E-state index is 5.42. The van der Waals surface area contributed by atoms with E-state index in [1.165, 1.54) is 18.1 Å². The van der Waals surface area contributed by atoms with E-state index in [-0.39, 0.29) is 7.43 Å². The molecule has 48 valence electrons. The zero-order valence-electron chi connectivity index (χ0n) is 4.81. The minimum atomic E-state index is -0.595. The summed E-state index contributed by atoms with van der Waals surface area (Å²) < 4.78 is 5.42. The van der Waals surface area contributed by atoms with Gasteiger partial charge in [0.2, 0.25) is 0 Å². The fourth-order valence-corrected chi connectivity index (χ4v) is 2.50. The molecule has 1 rings (SSSR count). The van der Waals surface area contributed by atoms with E-state index >= 15 is 0 Å². The van der Waals surface area contributed by atoms with Crippen molar-refractivity contribution in [3.63, 3.8) is 0 Å². The minimum Gasteiger partial charge on any atom is -0.501 e. The van der Waals surface area contributed by atoms with Crippen LogP contribution in [0.25, 0.3) is 0 Å². The Morgan fingerprint density at radius 1 is 1.38 bits per heavy atom. The zero-order chi connectivity index (χ0) is 5.11. The second-order valence-corrected chi connectivity index (χ2v) is 4.71. The first-order valence-corrected chi connectivity index (χ1v) is 5.45. The number of rotatable bonds is 0. The van der Waals surface area contributed by atoms with Crippen LogP contribution in [0.15, 0.2) is 0 Å². The van der Waals surface area contributed by atoms with E-state index in [4.69, 9.17) is 3.79 Å². The molecule has 0 aromatic rings. The highest BCUT2D eigenvalue weighted by Gasteiger charge is 2.15. The Morgan fingerprint density at radius 2 is 2.12 bits per heavy atom. The van der Waals surface area contributed by atoms with Crippen molar-refractivity contribution in [2.24, 2.45) is 0 Å². The Balaban J connectivity index is 0.000000490. The predicted octanol–water partition coefficient (Wildman–Crippen LogP) is 2.05. The molecule has 1 nitrogen and oxygen atoms in total. The highest BCUT2D eigenvalue weighted by atomic mass is 27.2. The topological polar surface area (TPSA) is 9.23 Å². The van der Waals surface area contributed by atoms with Crippen molar-refractivity contribution in [2.75, 3.05) is 6.61 Å². The monoisotopic (exact) mass is 130 g/mol. The molecule has 1 heterocycles. The summed E-state index contributed by atoms with van der Waals surface area (Å²) in [7, 11) is 0. The van der Waals surface area contributed by atoms with Crippen molar-refractivity contribution in [1.29, 1.82) is 0 Å². The minimum absolute atomic E-state index is 0. The average molecular weight is 130 g/mol. The maximum absolute atomic E-state index is 5.42. The standard InChI is InChI=1S/C4H8O.CH4.CH3.Al/c1-2-3-4-5;;;/h1-4H2;1H4;1H3;/q-1;;;+1. The molecule has 0 atom stereocenters. The first kappa shape index (κ1) is 8.49. The molecule has 0 amide bonds. The molecule has 0 spiro atoms. The Morgan fingerprint density at radius 3 is 2.38 bits per heavy atom. The van der Waals surface area contributed by atoms with Crippen molar-refractivity contribution >= 4 is 14.5 Å². The van der Waals surface area contributed by atoms with Crippen LogP contribution in [-0.2, 0) is 3.79 Å². The van der Waals surface area contributed by atoms with Crippen molar-refractivity contribution in [3.05, 3.63) is 0 Å². The fraction of sp³-hybridized carbons (Fsp3) is 1.00. The molecule has 0 bridgehead atoms. The van der Waals surface area contributed by atoms with E-state index in [1.54, 1.807) is 0 Å². The Kier molecular flexibility index (Phi) is 4.65. The number of hydrogen-bond donors (Lipinski definition) is 0. The summed E-state index contributed by atoms with van der Waals surface area (Å²) in [6.45, 7) is 1.05. The van der Waals surface area contributed by atoms with Crippen molar-refractivity contribution < 1.29 is 3.79 Å². The smallest absolute Gasteiger partial charge is 0.457 e. The van der Waals surface area contributed by atoms with Crippen LogP contribution in [0, 0.1) is 0 Å². The van der Waals surface area contributed by atoms with Gasteiger partial charge in [0.25, 0.3) is 0 Å². The quantitative estimate of drug-likeness (QED) is 0.456. The Labute approximate surface area is 56.8 Å². The van der Waals surface area contributed by atoms with E-state index in [2.05, 4.69) is 5.79 Å². The molecule has 0 aromatic heterocycles. The molecule has 1 saturated heterocycles. The molecule has 0 aliphatic carbocycles. The lowest BCUT2D eigenvalue weighted by Gasteiger charge is -2.13. The normalized spacial score (nSPS) is 19.9. The summed E-state index contributed by atoms with van der Waals surface area (Å²) >= 11 is -0.595. The van der Waals surface area contributed by atoms with E-state index < -0.39 is 14.5 Å². The summed E-state index contributed by atoms with van der Waals surface area (Å²) in [5, 5.41) is 1.40.